The lowest BCUT2D eigenvalue weighted by Gasteiger charge is -2.36. The van der Waals surface area contributed by atoms with E-state index in [0.717, 1.165) is 37.2 Å². The Labute approximate surface area is 200 Å². The number of amides is 1. The fraction of sp³-hybridized carbons (Fsp3) is 0.357. The third-order valence-corrected chi connectivity index (χ3v) is 6.97. The highest BCUT2D eigenvalue weighted by Crippen LogP contribution is 2.44. The quantitative estimate of drug-likeness (QED) is 0.530. The number of nitrogens with one attached hydrogen (secondary N) is 1. The van der Waals surface area contributed by atoms with Crippen molar-refractivity contribution in [2.75, 3.05) is 24.7 Å². The Hall–Kier alpha value is -3.38. The van der Waals surface area contributed by atoms with E-state index in [9.17, 15) is 9.90 Å². The molecule has 0 bridgehead atoms. The minimum absolute atomic E-state index is 0.0514. The van der Waals surface area contributed by atoms with Crippen LogP contribution in [0.25, 0.3) is 11.1 Å². The summed E-state index contributed by atoms with van der Waals surface area (Å²) < 4.78 is 5.62. The Morgan fingerprint density at radius 3 is 2.44 bits per heavy atom. The summed E-state index contributed by atoms with van der Waals surface area (Å²) >= 11 is 0. The second-order valence-electron chi connectivity index (χ2n) is 9.06. The molecule has 6 nitrogen and oxygen atoms in total. The number of ether oxygens (including phenoxy) is 1. The molecule has 176 valence electrons. The van der Waals surface area contributed by atoms with Gasteiger partial charge >= 0.3 is 6.09 Å². The molecule has 2 aromatic carbocycles. The van der Waals surface area contributed by atoms with Gasteiger partial charge in [-0.1, -0.05) is 54.6 Å². The van der Waals surface area contributed by atoms with Crippen LogP contribution in [-0.4, -0.2) is 42.0 Å². The summed E-state index contributed by atoms with van der Waals surface area (Å²) in [5.41, 5.74) is 5.76. The average molecular weight is 458 g/mol. The number of nitrogens with zero attached hydrogens (tertiary/aromatic N) is 2. The van der Waals surface area contributed by atoms with Crippen molar-refractivity contribution >= 4 is 11.9 Å². The SMILES string of the molecule is O=C(NCc1ccc(N2CCCCC2CCO)nc1)OCC1c2ccccc2-c2ccccc21. The molecule has 1 fully saturated rings. The summed E-state index contributed by atoms with van der Waals surface area (Å²) in [5.74, 6) is 0.985. The van der Waals surface area contributed by atoms with Gasteiger partial charge in [-0.3, -0.25) is 0 Å². The number of rotatable bonds is 7. The van der Waals surface area contributed by atoms with Gasteiger partial charge in [-0.25, -0.2) is 9.78 Å². The van der Waals surface area contributed by atoms with Gasteiger partial charge in [0.1, 0.15) is 12.4 Å². The molecule has 2 N–H and O–H groups in total. The Bertz CT molecular complexity index is 1080. The van der Waals surface area contributed by atoms with Gasteiger partial charge in [0.25, 0.3) is 0 Å². The van der Waals surface area contributed by atoms with Crippen LogP contribution in [0.3, 0.4) is 0 Å². The van der Waals surface area contributed by atoms with Crippen molar-refractivity contribution in [2.24, 2.45) is 0 Å². The van der Waals surface area contributed by atoms with Gasteiger partial charge in [0, 0.05) is 37.9 Å². The second-order valence-corrected chi connectivity index (χ2v) is 9.06. The highest BCUT2D eigenvalue weighted by Gasteiger charge is 2.29. The number of aromatic nitrogens is 1. The number of piperidine rings is 1. The molecule has 34 heavy (non-hydrogen) atoms. The molecule has 1 amide bonds. The van der Waals surface area contributed by atoms with Gasteiger partial charge in [-0.05, 0) is 59.6 Å². The van der Waals surface area contributed by atoms with Crippen LogP contribution >= 0.6 is 0 Å². The molecule has 1 aromatic heterocycles. The molecular formula is C28H31N3O3. The standard InChI is InChI=1S/C28H31N3O3/c32-16-14-21-7-5-6-15-31(21)27-13-12-20(17-29-27)18-30-28(33)34-19-26-24-10-3-1-8-22(24)23-9-2-4-11-25(23)26/h1-4,8-13,17,21,26,32H,5-7,14-16,18-19H2,(H,30,33). The number of aliphatic hydroxyl groups is 1. The zero-order valence-corrected chi connectivity index (χ0v) is 19.3. The first-order chi connectivity index (χ1) is 16.7. The number of pyridine rings is 1. The van der Waals surface area contributed by atoms with E-state index in [0.29, 0.717) is 19.2 Å². The molecule has 1 atom stereocenters. The van der Waals surface area contributed by atoms with Crippen molar-refractivity contribution in [3.63, 3.8) is 0 Å². The second kappa shape index (κ2) is 10.3. The van der Waals surface area contributed by atoms with Gasteiger partial charge in [-0.2, -0.15) is 0 Å². The fourth-order valence-corrected chi connectivity index (χ4v) is 5.27. The Morgan fingerprint density at radius 1 is 1.03 bits per heavy atom. The van der Waals surface area contributed by atoms with Crippen LogP contribution in [0.5, 0.6) is 0 Å². The Morgan fingerprint density at radius 2 is 1.76 bits per heavy atom. The summed E-state index contributed by atoms with van der Waals surface area (Å²) in [6, 6.07) is 21.0. The Balaban J connectivity index is 1.16. The van der Waals surface area contributed by atoms with Crippen LogP contribution in [0, 0.1) is 0 Å². The normalized spacial score (nSPS) is 17.2. The summed E-state index contributed by atoms with van der Waals surface area (Å²) in [6.07, 6.45) is 5.59. The first kappa shape index (κ1) is 22.4. The molecule has 2 heterocycles. The molecule has 0 radical (unpaired) electrons. The van der Waals surface area contributed by atoms with E-state index in [2.05, 4.69) is 39.5 Å². The van der Waals surface area contributed by atoms with Crippen LogP contribution < -0.4 is 10.2 Å². The van der Waals surface area contributed by atoms with Crippen molar-refractivity contribution in [1.29, 1.82) is 0 Å². The number of alkyl carbamates (subject to hydrolysis) is 1. The molecule has 1 aliphatic heterocycles. The van der Waals surface area contributed by atoms with Gasteiger partial charge in [0.15, 0.2) is 0 Å². The third-order valence-electron chi connectivity index (χ3n) is 6.97. The van der Waals surface area contributed by atoms with Gasteiger partial charge in [0.05, 0.1) is 0 Å². The maximum Gasteiger partial charge on any atom is 0.407 e. The van der Waals surface area contributed by atoms with Crippen molar-refractivity contribution in [1.82, 2.24) is 10.3 Å². The fourth-order valence-electron chi connectivity index (χ4n) is 5.27. The lowest BCUT2D eigenvalue weighted by molar-refractivity contribution is 0.142. The van der Waals surface area contributed by atoms with E-state index in [1.54, 1.807) is 0 Å². The van der Waals surface area contributed by atoms with Crippen molar-refractivity contribution < 1.29 is 14.6 Å². The number of benzene rings is 2. The Kier molecular flexibility index (Phi) is 6.77. The number of hydrogen-bond acceptors (Lipinski definition) is 5. The van der Waals surface area contributed by atoms with Crippen molar-refractivity contribution in [3.05, 3.63) is 83.6 Å². The van der Waals surface area contributed by atoms with Gasteiger partial charge in [-0.15, -0.1) is 0 Å². The minimum Gasteiger partial charge on any atom is -0.449 e. The van der Waals surface area contributed by atoms with Gasteiger partial charge in [0.2, 0.25) is 0 Å². The highest BCUT2D eigenvalue weighted by atomic mass is 16.5. The summed E-state index contributed by atoms with van der Waals surface area (Å²) in [4.78, 5) is 19.4. The van der Waals surface area contributed by atoms with E-state index >= 15 is 0 Å². The molecule has 1 saturated heterocycles. The predicted octanol–water partition coefficient (Wildman–Crippen LogP) is 4.86. The van der Waals surface area contributed by atoms with Crippen LogP contribution in [0.4, 0.5) is 10.6 Å². The zero-order chi connectivity index (χ0) is 23.3. The van der Waals surface area contributed by atoms with E-state index in [1.807, 2.05) is 42.6 Å². The lowest BCUT2D eigenvalue weighted by atomic mass is 9.98. The maximum atomic E-state index is 12.4. The summed E-state index contributed by atoms with van der Waals surface area (Å²) in [5, 5.41) is 12.2. The number of aliphatic hydroxyl groups excluding tert-OH is 1. The molecule has 5 rings (SSSR count). The number of anilines is 1. The molecular weight excluding hydrogens is 426 g/mol. The van der Waals surface area contributed by atoms with E-state index in [-0.39, 0.29) is 12.5 Å². The van der Waals surface area contributed by atoms with Crippen LogP contribution in [0.15, 0.2) is 66.9 Å². The lowest BCUT2D eigenvalue weighted by Crippen LogP contribution is -2.40. The zero-order valence-electron chi connectivity index (χ0n) is 19.3. The third kappa shape index (κ3) is 4.64. The molecule has 6 heteroatoms. The first-order valence-corrected chi connectivity index (χ1v) is 12.2. The van der Waals surface area contributed by atoms with Crippen LogP contribution in [0.1, 0.15) is 48.3 Å². The van der Waals surface area contributed by atoms with E-state index in [1.165, 1.54) is 28.7 Å². The maximum absolute atomic E-state index is 12.4. The molecule has 0 saturated carbocycles. The smallest absolute Gasteiger partial charge is 0.407 e. The molecule has 1 aliphatic carbocycles. The van der Waals surface area contributed by atoms with Crippen molar-refractivity contribution in [3.8, 4) is 11.1 Å². The average Bonchev–Trinajstić information content (AvgIpc) is 3.21. The van der Waals surface area contributed by atoms with Crippen LogP contribution in [-0.2, 0) is 11.3 Å². The monoisotopic (exact) mass is 457 g/mol. The molecule has 3 aromatic rings. The van der Waals surface area contributed by atoms with E-state index in [4.69, 9.17) is 4.74 Å². The predicted molar refractivity (Wildman–Crippen MR) is 133 cm³/mol. The minimum atomic E-state index is -0.426. The molecule has 0 spiro atoms. The number of carbonyl (C=O) groups is 1. The number of fused-ring (bicyclic) bond motifs is 3. The highest BCUT2D eigenvalue weighted by molar-refractivity contribution is 5.79. The van der Waals surface area contributed by atoms with Crippen LogP contribution in [0.2, 0.25) is 0 Å². The van der Waals surface area contributed by atoms with Crippen molar-refractivity contribution in [2.45, 2.75) is 44.2 Å². The molecule has 1 unspecified atom stereocenters. The van der Waals surface area contributed by atoms with E-state index < -0.39 is 6.09 Å². The topological polar surface area (TPSA) is 74.7 Å². The summed E-state index contributed by atoms with van der Waals surface area (Å²) in [6.45, 7) is 1.83. The number of carbonyl (C=O) groups excluding carboxylic acids is 1. The molecule has 2 aliphatic rings. The largest absolute Gasteiger partial charge is 0.449 e. The first-order valence-electron chi connectivity index (χ1n) is 12.2. The van der Waals surface area contributed by atoms with Gasteiger partial charge < -0.3 is 20.1 Å². The number of hydrogen-bond donors (Lipinski definition) is 2. The summed E-state index contributed by atoms with van der Waals surface area (Å²) in [7, 11) is 0.